The van der Waals surface area contributed by atoms with Crippen molar-refractivity contribution in [2.75, 3.05) is 36.4 Å². The highest BCUT2D eigenvalue weighted by molar-refractivity contribution is 7.89. The standard InChI is InChI=1S/C24H30N6O2S/c1-16-6-7-25-22(12-16)28-23-15-24(27-20(5)26-23)29-8-10-30(11-9-29)33(31,32)21-14-18(3)17(2)13-19(21)4/h6-7,12-15H,8-11H2,1-5H3,(H,25,26,27,28). The number of sulfonamides is 1. The number of nitrogens with one attached hydrogen (secondary N) is 1. The molecule has 1 saturated heterocycles. The number of pyridine rings is 1. The SMILES string of the molecule is Cc1ccnc(Nc2cc(N3CCN(S(=O)(=O)c4cc(C)c(C)cc4C)CC3)nc(C)n2)c1. The van der Waals surface area contributed by atoms with Crippen molar-refractivity contribution in [3.05, 3.63) is 64.6 Å². The Labute approximate surface area is 195 Å². The van der Waals surface area contributed by atoms with Gasteiger partial charge in [0.1, 0.15) is 23.3 Å². The number of anilines is 3. The van der Waals surface area contributed by atoms with Crippen molar-refractivity contribution in [2.45, 2.75) is 39.5 Å². The minimum atomic E-state index is -3.55. The molecule has 0 aliphatic carbocycles. The molecule has 0 unspecified atom stereocenters. The largest absolute Gasteiger partial charge is 0.354 e. The lowest BCUT2D eigenvalue weighted by atomic mass is 10.1. The second kappa shape index (κ2) is 9.07. The van der Waals surface area contributed by atoms with E-state index in [2.05, 4.69) is 25.2 Å². The summed E-state index contributed by atoms with van der Waals surface area (Å²) >= 11 is 0. The molecule has 0 atom stereocenters. The molecule has 3 aromatic rings. The zero-order chi connectivity index (χ0) is 23.8. The minimum absolute atomic E-state index is 0.397. The molecule has 9 heteroatoms. The number of hydrogen-bond acceptors (Lipinski definition) is 7. The van der Waals surface area contributed by atoms with Gasteiger partial charge < -0.3 is 10.2 Å². The average Bonchev–Trinajstić information content (AvgIpc) is 2.76. The van der Waals surface area contributed by atoms with Crippen LogP contribution in [0.1, 0.15) is 28.1 Å². The molecule has 1 aliphatic heterocycles. The van der Waals surface area contributed by atoms with Crippen molar-refractivity contribution < 1.29 is 8.42 Å². The fourth-order valence-electron chi connectivity index (χ4n) is 4.02. The summed E-state index contributed by atoms with van der Waals surface area (Å²) in [5, 5.41) is 3.24. The van der Waals surface area contributed by atoms with Crippen molar-refractivity contribution >= 4 is 27.5 Å². The molecule has 4 rings (SSSR count). The predicted molar refractivity (Wildman–Crippen MR) is 131 cm³/mol. The summed E-state index contributed by atoms with van der Waals surface area (Å²) in [6, 6.07) is 9.51. The Kier molecular flexibility index (Phi) is 6.36. The third-order valence-corrected chi connectivity index (χ3v) is 8.01. The second-order valence-electron chi connectivity index (χ2n) is 8.60. The van der Waals surface area contributed by atoms with E-state index in [4.69, 9.17) is 0 Å². The van der Waals surface area contributed by atoms with E-state index in [0.717, 1.165) is 33.9 Å². The van der Waals surface area contributed by atoms with Gasteiger partial charge in [-0.05, 0) is 75.1 Å². The number of rotatable bonds is 5. The molecule has 1 aromatic carbocycles. The van der Waals surface area contributed by atoms with Crippen LogP contribution in [0.4, 0.5) is 17.5 Å². The summed E-state index contributed by atoms with van der Waals surface area (Å²) in [6.07, 6.45) is 1.75. The first-order chi connectivity index (χ1) is 15.6. The van der Waals surface area contributed by atoms with Crippen LogP contribution in [0.25, 0.3) is 0 Å². The maximum atomic E-state index is 13.3. The van der Waals surface area contributed by atoms with Crippen LogP contribution in [-0.2, 0) is 10.0 Å². The Morgan fingerprint density at radius 1 is 0.818 bits per heavy atom. The van der Waals surface area contributed by atoms with E-state index in [1.807, 2.05) is 58.9 Å². The van der Waals surface area contributed by atoms with Gasteiger partial charge >= 0.3 is 0 Å². The summed E-state index contributed by atoms with van der Waals surface area (Å²) in [6.45, 7) is 11.6. The smallest absolute Gasteiger partial charge is 0.243 e. The van der Waals surface area contributed by atoms with Gasteiger partial charge in [0.25, 0.3) is 0 Å². The summed E-state index contributed by atoms with van der Waals surface area (Å²) < 4.78 is 28.2. The maximum absolute atomic E-state index is 13.3. The number of hydrogen-bond donors (Lipinski definition) is 1. The van der Waals surface area contributed by atoms with Crippen LogP contribution in [0.15, 0.2) is 41.4 Å². The van der Waals surface area contributed by atoms with Crippen molar-refractivity contribution in [1.82, 2.24) is 19.3 Å². The minimum Gasteiger partial charge on any atom is -0.354 e. The molecule has 1 N–H and O–H groups in total. The monoisotopic (exact) mass is 466 g/mol. The Morgan fingerprint density at radius 2 is 1.52 bits per heavy atom. The fraction of sp³-hybridized carbons (Fsp3) is 0.375. The fourth-order valence-corrected chi connectivity index (χ4v) is 5.74. The van der Waals surface area contributed by atoms with Gasteiger partial charge in [0.05, 0.1) is 4.90 Å². The van der Waals surface area contributed by atoms with Gasteiger partial charge in [-0.25, -0.2) is 23.4 Å². The molecule has 3 heterocycles. The quantitative estimate of drug-likeness (QED) is 0.613. The summed E-state index contributed by atoms with van der Waals surface area (Å²) in [4.78, 5) is 15.9. The van der Waals surface area contributed by atoms with Crippen LogP contribution in [0.3, 0.4) is 0 Å². The molecular weight excluding hydrogens is 436 g/mol. The molecule has 2 aromatic heterocycles. The molecule has 174 valence electrons. The number of aromatic nitrogens is 3. The first kappa shape index (κ1) is 23.1. The van der Waals surface area contributed by atoms with Crippen molar-refractivity contribution in [1.29, 1.82) is 0 Å². The lowest BCUT2D eigenvalue weighted by Crippen LogP contribution is -2.49. The zero-order valence-electron chi connectivity index (χ0n) is 19.8. The molecular formula is C24H30N6O2S. The highest BCUT2D eigenvalue weighted by Gasteiger charge is 2.30. The van der Waals surface area contributed by atoms with Gasteiger partial charge in [-0.1, -0.05) is 6.07 Å². The third kappa shape index (κ3) is 4.99. The molecule has 8 nitrogen and oxygen atoms in total. The zero-order valence-corrected chi connectivity index (χ0v) is 20.6. The average molecular weight is 467 g/mol. The lowest BCUT2D eigenvalue weighted by Gasteiger charge is -2.35. The highest BCUT2D eigenvalue weighted by atomic mass is 32.2. The van der Waals surface area contributed by atoms with Gasteiger partial charge in [-0.3, -0.25) is 0 Å². The molecule has 0 spiro atoms. The topological polar surface area (TPSA) is 91.3 Å². The number of benzene rings is 1. The molecule has 0 amide bonds. The van der Waals surface area contributed by atoms with Gasteiger partial charge in [0.2, 0.25) is 10.0 Å². The maximum Gasteiger partial charge on any atom is 0.243 e. The number of nitrogens with zero attached hydrogens (tertiary/aromatic N) is 5. The first-order valence-electron chi connectivity index (χ1n) is 11.0. The van der Waals surface area contributed by atoms with Gasteiger partial charge in [-0.2, -0.15) is 4.31 Å². The van der Waals surface area contributed by atoms with E-state index in [9.17, 15) is 8.42 Å². The molecule has 1 aliphatic rings. The molecule has 33 heavy (non-hydrogen) atoms. The van der Waals surface area contributed by atoms with Gasteiger partial charge in [0.15, 0.2) is 0 Å². The summed E-state index contributed by atoms with van der Waals surface area (Å²) in [7, 11) is -3.55. The van der Waals surface area contributed by atoms with Crippen LogP contribution >= 0.6 is 0 Å². The van der Waals surface area contributed by atoms with Crippen molar-refractivity contribution in [2.24, 2.45) is 0 Å². The Bertz CT molecular complexity index is 1280. The first-order valence-corrected chi connectivity index (χ1v) is 12.5. The molecule has 0 saturated carbocycles. The summed E-state index contributed by atoms with van der Waals surface area (Å²) in [5.74, 6) is 2.80. The van der Waals surface area contributed by atoms with Crippen LogP contribution in [0.5, 0.6) is 0 Å². The molecule has 0 radical (unpaired) electrons. The van der Waals surface area contributed by atoms with Crippen molar-refractivity contribution in [3.63, 3.8) is 0 Å². The van der Waals surface area contributed by atoms with E-state index in [1.165, 1.54) is 0 Å². The second-order valence-corrected chi connectivity index (χ2v) is 10.5. The third-order valence-electron chi connectivity index (χ3n) is 5.97. The number of aryl methyl sites for hydroxylation is 5. The number of piperazine rings is 1. The van der Waals surface area contributed by atoms with Crippen LogP contribution in [0.2, 0.25) is 0 Å². The predicted octanol–water partition coefficient (Wildman–Crippen LogP) is 3.67. The Morgan fingerprint density at radius 3 is 2.21 bits per heavy atom. The summed E-state index contributed by atoms with van der Waals surface area (Å²) in [5.41, 5.74) is 3.97. The normalized spacial score (nSPS) is 15.0. The van der Waals surface area contributed by atoms with Crippen LogP contribution < -0.4 is 10.2 Å². The van der Waals surface area contributed by atoms with Gasteiger partial charge in [-0.15, -0.1) is 0 Å². The Balaban J connectivity index is 1.50. The van der Waals surface area contributed by atoms with Crippen LogP contribution in [-0.4, -0.2) is 53.9 Å². The van der Waals surface area contributed by atoms with Crippen molar-refractivity contribution in [3.8, 4) is 0 Å². The van der Waals surface area contributed by atoms with E-state index in [1.54, 1.807) is 16.6 Å². The highest BCUT2D eigenvalue weighted by Crippen LogP contribution is 2.26. The van der Waals surface area contributed by atoms with E-state index in [0.29, 0.717) is 42.7 Å². The van der Waals surface area contributed by atoms with E-state index < -0.39 is 10.0 Å². The Hall–Kier alpha value is -3.04. The molecule has 1 fully saturated rings. The molecule has 0 bridgehead atoms. The van der Waals surface area contributed by atoms with E-state index in [-0.39, 0.29) is 0 Å². The lowest BCUT2D eigenvalue weighted by molar-refractivity contribution is 0.383. The van der Waals surface area contributed by atoms with Crippen LogP contribution in [0, 0.1) is 34.6 Å². The van der Waals surface area contributed by atoms with Gasteiger partial charge in [0, 0.05) is 38.4 Å². The van der Waals surface area contributed by atoms with E-state index >= 15 is 0 Å².